The van der Waals surface area contributed by atoms with E-state index in [9.17, 15) is 13.6 Å². The second-order valence-corrected chi connectivity index (χ2v) is 7.45. The van der Waals surface area contributed by atoms with Gasteiger partial charge in [0.25, 0.3) is 6.43 Å². The number of alkyl halides is 2. The fraction of sp³-hybridized carbons (Fsp3) is 0.353. The third-order valence-corrected chi connectivity index (χ3v) is 5.56. The van der Waals surface area contributed by atoms with E-state index in [0.29, 0.717) is 33.4 Å². The van der Waals surface area contributed by atoms with Gasteiger partial charge in [-0.15, -0.1) is 11.3 Å². The average molecular weight is 399 g/mol. The van der Waals surface area contributed by atoms with E-state index in [0.717, 1.165) is 5.01 Å². The summed E-state index contributed by atoms with van der Waals surface area (Å²) in [5.41, 5.74) is 1.62. The van der Waals surface area contributed by atoms with Crippen LogP contribution < -0.4 is 5.32 Å². The minimum Gasteiger partial charge on any atom is -0.373 e. The summed E-state index contributed by atoms with van der Waals surface area (Å²) in [6.45, 7) is 5.29. The molecule has 0 bridgehead atoms. The standard InChI is InChI=1S/C17H17ClF2N4OS/c1-9-23-12-6-7-24(15(17(19)20)16(12)26-9)13(25)8-22-14-10(18)4-3-5-11(14)21-2/h3-5,15,17,22H,2,6-8H2,1H3. The summed E-state index contributed by atoms with van der Waals surface area (Å²) < 4.78 is 27.4. The molecule has 0 aliphatic carbocycles. The van der Waals surface area contributed by atoms with Crippen LogP contribution in [0.5, 0.6) is 0 Å². The summed E-state index contributed by atoms with van der Waals surface area (Å²) in [5.74, 6) is -0.429. The Hall–Kier alpha value is -2.06. The number of hydrogen-bond acceptors (Lipinski definition) is 5. The first-order chi connectivity index (χ1) is 12.4. The van der Waals surface area contributed by atoms with E-state index in [4.69, 9.17) is 11.6 Å². The largest absolute Gasteiger partial charge is 0.373 e. The monoisotopic (exact) mass is 398 g/mol. The minimum atomic E-state index is -2.68. The zero-order valence-electron chi connectivity index (χ0n) is 14.0. The smallest absolute Gasteiger partial charge is 0.263 e. The molecule has 0 fully saturated rings. The maximum Gasteiger partial charge on any atom is 0.263 e. The van der Waals surface area contributed by atoms with Crippen LogP contribution in [0.15, 0.2) is 23.2 Å². The SMILES string of the molecule is C=Nc1cccc(Cl)c1NCC(=O)N1CCc2nc(C)sc2C1C(F)F. The number of rotatable bonds is 5. The molecule has 0 spiro atoms. The van der Waals surface area contributed by atoms with Gasteiger partial charge in [-0.2, -0.15) is 0 Å². The highest BCUT2D eigenvalue weighted by atomic mass is 35.5. The van der Waals surface area contributed by atoms with E-state index in [1.165, 1.54) is 16.2 Å². The number of carbonyl (C=O) groups excluding carboxylic acids is 1. The molecule has 1 N–H and O–H groups in total. The van der Waals surface area contributed by atoms with Crippen molar-refractivity contribution in [2.45, 2.75) is 25.8 Å². The number of thiazole rings is 1. The van der Waals surface area contributed by atoms with Crippen molar-refractivity contribution in [1.29, 1.82) is 0 Å². The number of halogens is 3. The number of hydrogen-bond donors (Lipinski definition) is 1. The number of aliphatic imine (C=N–C) groups is 1. The van der Waals surface area contributed by atoms with Crippen LogP contribution in [0, 0.1) is 6.92 Å². The fourth-order valence-electron chi connectivity index (χ4n) is 3.02. The van der Waals surface area contributed by atoms with Gasteiger partial charge in [0.2, 0.25) is 5.91 Å². The Morgan fingerprint density at radius 1 is 1.58 bits per heavy atom. The molecule has 26 heavy (non-hydrogen) atoms. The maximum absolute atomic E-state index is 13.7. The van der Waals surface area contributed by atoms with Gasteiger partial charge in [0.15, 0.2) is 0 Å². The van der Waals surface area contributed by atoms with Crippen molar-refractivity contribution < 1.29 is 13.6 Å². The Labute approximate surface area is 158 Å². The van der Waals surface area contributed by atoms with Gasteiger partial charge in [0, 0.05) is 13.0 Å². The molecule has 3 rings (SSSR count). The van der Waals surface area contributed by atoms with Crippen molar-refractivity contribution in [2.75, 3.05) is 18.4 Å². The Morgan fingerprint density at radius 3 is 3.04 bits per heavy atom. The van der Waals surface area contributed by atoms with E-state index in [2.05, 4.69) is 22.0 Å². The quantitative estimate of drug-likeness (QED) is 0.766. The number of aromatic nitrogens is 1. The number of amides is 1. The number of para-hydroxylation sites is 1. The molecule has 5 nitrogen and oxygen atoms in total. The topological polar surface area (TPSA) is 57.6 Å². The van der Waals surface area contributed by atoms with Gasteiger partial charge in [-0.1, -0.05) is 17.7 Å². The van der Waals surface area contributed by atoms with Crippen LogP contribution >= 0.6 is 22.9 Å². The molecule has 2 aromatic rings. The molecule has 1 aromatic carbocycles. The van der Waals surface area contributed by atoms with Crippen molar-refractivity contribution >= 4 is 46.9 Å². The lowest BCUT2D eigenvalue weighted by Crippen LogP contribution is -2.45. The third-order valence-electron chi connectivity index (χ3n) is 4.17. The summed E-state index contributed by atoms with van der Waals surface area (Å²) in [6.07, 6.45) is -2.20. The van der Waals surface area contributed by atoms with Gasteiger partial charge < -0.3 is 10.2 Å². The minimum absolute atomic E-state index is 0.164. The normalized spacial score (nSPS) is 16.5. The molecule has 9 heteroatoms. The van der Waals surface area contributed by atoms with Gasteiger partial charge in [0.05, 0.1) is 38.5 Å². The molecule has 1 amide bonds. The van der Waals surface area contributed by atoms with Crippen molar-refractivity contribution in [2.24, 2.45) is 4.99 Å². The number of nitrogens with one attached hydrogen (secondary N) is 1. The molecule has 0 radical (unpaired) electrons. The van der Waals surface area contributed by atoms with E-state index in [-0.39, 0.29) is 13.1 Å². The highest BCUT2D eigenvalue weighted by molar-refractivity contribution is 7.11. The fourth-order valence-corrected chi connectivity index (χ4v) is 4.35. The number of anilines is 1. The molecule has 138 valence electrons. The molecule has 1 aliphatic heterocycles. The second-order valence-electron chi connectivity index (χ2n) is 5.81. The summed E-state index contributed by atoms with van der Waals surface area (Å²) in [6, 6.07) is 3.80. The lowest BCUT2D eigenvalue weighted by Gasteiger charge is -2.34. The first-order valence-corrected chi connectivity index (χ1v) is 9.14. The van der Waals surface area contributed by atoms with Crippen molar-refractivity contribution in [3.63, 3.8) is 0 Å². The molecule has 1 unspecified atom stereocenters. The second kappa shape index (κ2) is 7.67. The van der Waals surface area contributed by atoms with E-state index < -0.39 is 18.4 Å². The van der Waals surface area contributed by atoms with E-state index in [1.54, 1.807) is 25.1 Å². The lowest BCUT2D eigenvalue weighted by molar-refractivity contribution is -0.136. The number of aryl methyl sites for hydroxylation is 1. The van der Waals surface area contributed by atoms with Gasteiger partial charge in [0.1, 0.15) is 6.04 Å². The van der Waals surface area contributed by atoms with Gasteiger partial charge in [-0.25, -0.2) is 13.8 Å². The van der Waals surface area contributed by atoms with E-state index in [1.807, 2.05) is 0 Å². The van der Waals surface area contributed by atoms with Crippen molar-refractivity contribution in [3.05, 3.63) is 38.8 Å². The van der Waals surface area contributed by atoms with Gasteiger partial charge >= 0.3 is 0 Å². The first-order valence-electron chi connectivity index (χ1n) is 7.95. The predicted molar refractivity (Wildman–Crippen MR) is 100 cm³/mol. The Balaban J connectivity index is 1.79. The van der Waals surface area contributed by atoms with Crippen LogP contribution in [-0.2, 0) is 11.2 Å². The summed E-state index contributed by atoms with van der Waals surface area (Å²) in [4.78, 5) is 22.5. The highest BCUT2D eigenvalue weighted by Crippen LogP contribution is 2.38. The molecule has 0 saturated carbocycles. The average Bonchev–Trinajstić information content (AvgIpc) is 2.99. The number of fused-ring (bicyclic) bond motifs is 1. The zero-order chi connectivity index (χ0) is 18.8. The van der Waals surface area contributed by atoms with Crippen LogP contribution in [0.2, 0.25) is 5.02 Å². The summed E-state index contributed by atoms with van der Waals surface area (Å²) in [5, 5.41) is 4.01. The van der Waals surface area contributed by atoms with Crippen LogP contribution in [0.25, 0.3) is 0 Å². The zero-order valence-corrected chi connectivity index (χ0v) is 15.6. The number of carbonyl (C=O) groups is 1. The van der Waals surface area contributed by atoms with Gasteiger partial charge in [-0.05, 0) is 25.8 Å². The van der Waals surface area contributed by atoms with Crippen LogP contribution in [0.3, 0.4) is 0 Å². The summed E-state index contributed by atoms with van der Waals surface area (Å²) >= 11 is 7.35. The predicted octanol–water partition coefficient (Wildman–Crippen LogP) is 4.24. The molecule has 1 atom stereocenters. The van der Waals surface area contributed by atoms with Crippen LogP contribution in [-0.4, -0.2) is 42.0 Å². The number of nitrogens with zero attached hydrogens (tertiary/aromatic N) is 3. The van der Waals surface area contributed by atoms with Crippen LogP contribution in [0.4, 0.5) is 20.2 Å². The Bertz CT molecular complexity index is 842. The first kappa shape index (κ1) is 18.7. The van der Waals surface area contributed by atoms with Crippen LogP contribution in [0.1, 0.15) is 21.6 Å². The molecule has 2 heterocycles. The molecule has 0 saturated heterocycles. The van der Waals surface area contributed by atoms with Gasteiger partial charge in [-0.3, -0.25) is 9.79 Å². The summed E-state index contributed by atoms with van der Waals surface area (Å²) in [7, 11) is 0. The lowest BCUT2D eigenvalue weighted by atomic mass is 10.1. The Morgan fingerprint density at radius 2 is 2.35 bits per heavy atom. The van der Waals surface area contributed by atoms with E-state index >= 15 is 0 Å². The molecule has 1 aliphatic rings. The molecular formula is C17H17ClF2N4OS. The highest BCUT2D eigenvalue weighted by Gasteiger charge is 2.39. The maximum atomic E-state index is 13.7. The van der Waals surface area contributed by atoms with Crippen molar-refractivity contribution in [3.8, 4) is 0 Å². The third kappa shape index (κ3) is 3.57. The number of benzene rings is 1. The molecule has 1 aromatic heterocycles. The van der Waals surface area contributed by atoms with Crippen molar-refractivity contribution in [1.82, 2.24) is 9.88 Å². The molecular weight excluding hydrogens is 382 g/mol. The Kier molecular flexibility index (Phi) is 5.52.